The molecule has 0 saturated heterocycles. The van der Waals surface area contributed by atoms with E-state index in [9.17, 15) is 4.79 Å². The maximum absolute atomic E-state index is 10.4. The monoisotopic (exact) mass is 343 g/mol. The minimum atomic E-state index is -1.73. The van der Waals surface area contributed by atoms with Gasteiger partial charge >= 0.3 is 5.97 Å². The molecule has 0 saturated carbocycles. The van der Waals surface area contributed by atoms with Gasteiger partial charge in [-0.3, -0.25) is 4.79 Å². The predicted molar refractivity (Wildman–Crippen MR) is 106 cm³/mol. The fourth-order valence-electron chi connectivity index (χ4n) is 3.23. The summed E-state index contributed by atoms with van der Waals surface area (Å²) in [5.74, 6) is -0.668. The van der Waals surface area contributed by atoms with Crippen molar-refractivity contribution in [3.63, 3.8) is 0 Å². The SMILES string of the molecule is [2H]C([2H])([2H])CCCCCCCCCCCCCCCCCCCCC(=O)O. The summed E-state index contributed by atoms with van der Waals surface area (Å²) in [6.07, 6.45) is 22.9. The maximum Gasteiger partial charge on any atom is 0.303 e. The van der Waals surface area contributed by atoms with Crippen LogP contribution >= 0.6 is 0 Å². The first-order chi connectivity index (χ1) is 12.9. The van der Waals surface area contributed by atoms with Crippen molar-refractivity contribution >= 4 is 5.97 Å². The van der Waals surface area contributed by atoms with E-state index in [1.807, 2.05) is 0 Å². The third-order valence-electron chi connectivity index (χ3n) is 4.82. The maximum atomic E-state index is 10.4. The molecule has 0 bridgehead atoms. The molecule has 0 amide bonds. The molecule has 0 aromatic carbocycles. The zero-order chi connectivity index (χ0) is 20.2. The second-order valence-electron chi connectivity index (χ2n) is 7.26. The standard InChI is InChI=1S/C22H44O2/c1-2-3-4-5-6-7-8-9-10-11-12-13-14-15-16-17-18-19-20-21-22(23)24/h2-21H2,1H3,(H,23,24)/i1D3. The topological polar surface area (TPSA) is 37.3 Å². The average molecular weight is 344 g/mol. The number of hydrogen-bond acceptors (Lipinski definition) is 1. The Balaban J connectivity index is 3.04. The van der Waals surface area contributed by atoms with Crippen molar-refractivity contribution in [3.05, 3.63) is 0 Å². The van der Waals surface area contributed by atoms with Crippen LogP contribution in [0, 0.1) is 0 Å². The Labute approximate surface area is 156 Å². The van der Waals surface area contributed by atoms with Gasteiger partial charge in [-0.15, -0.1) is 0 Å². The second-order valence-corrected chi connectivity index (χ2v) is 7.26. The third-order valence-corrected chi connectivity index (χ3v) is 4.82. The first-order valence-corrected chi connectivity index (χ1v) is 10.6. The Hall–Kier alpha value is -0.530. The van der Waals surface area contributed by atoms with Crippen molar-refractivity contribution < 1.29 is 14.0 Å². The molecule has 144 valence electrons. The van der Waals surface area contributed by atoms with E-state index < -0.39 is 12.8 Å². The van der Waals surface area contributed by atoms with E-state index in [0.29, 0.717) is 12.8 Å². The van der Waals surface area contributed by atoms with E-state index in [4.69, 9.17) is 9.22 Å². The van der Waals surface area contributed by atoms with Crippen molar-refractivity contribution in [2.24, 2.45) is 0 Å². The molecule has 0 aliphatic carbocycles. The van der Waals surface area contributed by atoms with Crippen molar-refractivity contribution in [1.29, 1.82) is 0 Å². The Morgan fingerprint density at radius 1 is 0.583 bits per heavy atom. The normalized spacial score (nSPS) is 13.4. The summed E-state index contributed by atoms with van der Waals surface area (Å²) in [6.45, 7) is -1.73. The fraction of sp³-hybridized carbons (Fsp3) is 0.955. The molecule has 24 heavy (non-hydrogen) atoms. The van der Waals surface area contributed by atoms with Crippen molar-refractivity contribution in [2.45, 2.75) is 135 Å². The Kier molecular flexibility index (Phi) is 15.6. The molecule has 0 rings (SSSR count). The van der Waals surface area contributed by atoms with Gasteiger partial charge in [-0.05, 0) is 6.42 Å². The van der Waals surface area contributed by atoms with Gasteiger partial charge in [-0.25, -0.2) is 0 Å². The van der Waals surface area contributed by atoms with Crippen LogP contribution in [-0.2, 0) is 4.79 Å². The molecule has 2 heteroatoms. The number of carboxylic acid groups (broad SMARTS) is 1. The lowest BCUT2D eigenvalue weighted by atomic mass is 10.0. The van der Waals surface area contributed by atoms with Crippen LogP contribution in [0.4, 0.5) is 0 Å². The number of carboxylic acids is 1. The highest BCUT2D eigenvalue weighted by Crippen LogP contribution is 2.14. The Morgan fingerprint density at radius 3 is 1.17 bits per heavy atom. The minimum absolute atomic E-state index is 0.326. The van der Waals surface area contributed by atoms with Gasteiger partial charge in [0.05, 0.1) is 0 Å². The zero-order valence-electron chi connectivity index (χ0n) is 19.0. The van der Waals surface area contributed by atoms with E-state index >= 15 is 0 Å². The van der Waals surface area contributed by atoms with Crippen LogP contribution in [0.1, 0.15) is 139 Å². The number of unbranched alkanes of at least 4 members (excludes halogenated alkanes) is 17. The molecule has 0 spiro atoms. The highest BCUT2D eigenvalue weighted by atomic mass is 16.4. The van der Waals surface area contributed by atoms with Crippen LogP contribution in [0.25, 0.3) is 0 Å². The molecule has 2 nitrogen and oxygen atoms in total. The molecule has 0 unspecified atom stereocenters. The molecule has 1 N–H and O–H groups in total. The lowest BCUT2D eigenvalue weighted by Crippen LogP contribution is -1.93. The molecule has 0 atom stereocenters. The van der Waals surface area contributed by atoms with Crippen molar-refractivity contribution in [1.82, 2.24) is 0 Å². The van der Waals surface area contributed by atoms with E-state index in [0.717, 1.165) is 25.7 Å². The van der Waals surface area contributed by atoms with Crippen LogP contribution < -0.4 is 0 Å². The van der Waals surface area contributed by atoms with Crippen molar-refractivity contribution in [2.75, 3.05) is 0 Å². The van der Waals surface area contributed by atoms with Gasteiger partial charge in [0.25, 0.3) is 0 Å². The van der Waals surface area contributed by atoms with Gasteiger partial charge in [-0.1, -0.05) is 122 Å². The van der Waals surface area contributed by atoms with Gasteiger partial charge in [0, 0.05) is 10.5 Å². The van der Waals surface area contributed by atoms with Gasteiger partial charge in [0.1, 0.15) is 0 Å². The third kappa shape index (κ3) is 21.5. The molecule has 0 aromatic rings. The molecule has 0 aromatic heterocycles. The molecule has 0 aliphatic heterocycles. The van der Waals surface area contributed by atoms with Gasteiger partial charge in [0.15, 0.2) is 0 Å². The average Bonchev–Trinajstić information content (AvgIpc) is 2.58. The Morgan fingerprint density at radius 2 is 0.875 bits per heavy atom. The summed E-state index contributed by atoms with van der Waals surface area (Å²) in [7, 11) is 0. The van der Waals surface area contributed by atoms with Crippen LogP contribution in [-0.4, -0.2) is 11.1 Å². The van der Waals surface area contributed by atoms with E-state index in [2.05, 4.69) is 0 Å². The minimum Gasteiger partial charge on any atom is -0.481 e. The first-order valence-electron chi connectivity index (χ1n) is 12.1. The zero-order valence-corrected chi connectivity index (χ0v) is 16.0. The van der Waals surface area contributed by atoms with Crippen LogP contribution in [0.3, 0.4) is 0 Å². The molecular weight excluding hydrogens is 296 g/mol. The van der Waals surface area contributed by atoms with Crippen LogP contribution in [0.15, 0.2) is 0 Å². The van der Waals surface area contributed by atoms with Crippen LogP contribution in [0.5, 0.6) is 0 Å². The molecule has 0 fully saturated rings. The fourth-order valence-corrected chi connectivity index (χ4v) is 3.23. The molecule has 0 aliphatic rings. The molecule has 0 radical (unpaired) electrons. The number of hydrogen-bond donors (Lipinski definition) is 1. The summed E-state index contributed by atoms with van der Waals surface area (Å²) in [6, 6.07) is 0. The Bertz CT molecular complexity index is 330. The van der Waals surface area contributed by atoms with Crippen LogP contribution in [0.2, 0.25) is 0 Å². The largest absolute Gasteiger partial charge is 0.481 e. The summed E-state index contributed by atoms with van der Waals surface area (Å²) in [5.41, 5.74) is 0. The van der Waals surface area contributed by atoms with E-state index in [-0.39, 0.29) is 0 Å². The summed E-state index contributed by atoms with van der Waals surface area (Å²) in [4.78, 5) is 10.4. The van der Waals surface area contributed by atoms with Gasteiger partial charge in [-0.2, -0.15) is 0 Å². The number of aliphatic carboxylic acids is 1. The summed E-state index contributed by atoms with van der Waals surface area (Å²) < 4.78 is 21.5. The number of carbonyl (C=O) groups is 1. The molecular formula is C22H44O2. The summed E-state index contributed by atoms with van der Waals surface area (Å²) >= 11 is 0. The highest BCUT2D eigenvalue weighted by Gasteiger charge is 1.97. The highest BCUT2D eigenvalue weighted by molar-refractivity contribution is 5.66. The predicted octanol–water partition coefficient (Wildman–Crippen LogP) is 7.89. The van der Waals surface area contributed by atoms with Gasteiger partial charge in [0.2, 0.25) is 0 Å². The van der Waals surface area contributed by atoms with E-state index in [1.165, 1.54) is 89.9 Å². The quantitative estimate of drug-likeness (QED) is 0.228. The molecule has 0 heterocycles. The van der Waals surface area contributed by atoms with Gasteiger partial charge < -0.3 is 5.11 Å². The number of rotatable bonds is 20. The first kappa shape index (κ1) is 18.3. The lowest BCUT2D eigenvalue weighted by molar-refractivity contribution is -0.137. The smallest absolute Gasteiger partial charge is 0.303 e. The van der Waals surface area contributed by atoms with Crippen molar-refractivity contribution in [3.8, 4) is 0 Å². The summed E-state index contributed by atoms with van der Waals surface area (Å²) in [5, 5.41) is 8.56. The van der Waals surface area contributed by atoms with E-state index in [1.54, 1.807) is 0 Å². The lowest BCUT2D eigenvalue weighted by Gasteiger charge is -2.03. The second kappa shape index (κ2) is 20.5.